The van der Waals surface area contributed by atoms with Crippen LogP contribution in [0.5, 0.6) is 0 Å². The van der Waals surface area contributed by atoms with E-state index in [2.05, 4.69) is 10.6 Å². The van der Waals surface area contributed by atoms with Gasteiger partial charge in [-0.25, -0.2) is 13.2 Å². The van der Waals surface area contributed by atoms with Crippen molar-refractivity contribution in [1.82, 2.24) is 5.32 Å². The van der Waals surface area contributed by atoms with Crippen LogP contribution in [0.2, 0.25) is 0 Å². The molecular weight excluding hydrogens is 269 g/mol. The third-order valence-electron chi connectivity index (χ3n) is 3.88. The Bertz CT molecular complexity index is 490. The molecule has 1 aliphatic heterocycles. The zero-order valence-electron chi connectivity index (χ0n) is 11.2. The molecule has 2 rings (SSSR count). The predicted octanol–water partition coefficient (Wildman–Crippen LogP) is 2.82. The van der Waals surface area contributed by atoms with Crippen LogP contribution in [-0.4, -0.2) is 19.0 Å². The summed E-state index contributed by atoms with van der Waals surface area (Å²) in [4.78, 5) is 12.3. The Hall–Kier alpha value is -1.56. The molecule has 1 amide bonds. The van der Waals surface area contributed by atoms with E-state index in [1.165, 1.54) is 0 Å². The molecule has 0 saturated carbocycles. The van der Waals surface area contributed by atoms with Crippen molar-refractivity contribution >= 4 is 11.6 Å². The fourth-order valence-electron chi connectivity index (χ4n) is 2.53. The molecule has 1 aliphatic rings. The summed E-state index contributed by atoms with van der Waals surface area (Å²) in [5.74, 6) is -3.66. The van der Waals surface area contributed by atoms with Gasteiger partial charge < -0.3 is 10.6 Å². The Kier molecular flexibility index (Phi) is 4.32. The molecule has 2 N–H and O–H groups in total. The highest BCUT2D eigenvalue weighted by molar-refractivity contribution is 5.95. The van der Waals surface area contributed by atoms with Crippen LogP contribution in [0.25, 0.3) is 0 Å². The summed E-state index contributed by atoms with van der Waals surface area (Å²) in [5.41, 5.74) is -1.26. The van der Waals surface area contributed by atoms with E-state index in [4.69, 9.17) is 0 Å². The van der Waals surface area contributed by atoms with Crippen molar-refractivity contribution in [3.63, 3.8) is 0 Å². The van der Waals surface area contributed by atoms with Crippen molar-refractivity contribution in [1.29, 1.82) is 0 Å². The first kappa shape index (κ1) is 14.8. The van der Waals surface area contributed by atoms with Gasteiger partial charge in [0.1, 0.15) is 11.5 Å². The lowest BCUT2D eigenvalue weighted by molar-refractivity contribution is -0.126. The minimum absolute atomic E-state index is 0.434. The molecule has 1 aromatic carbocycles. The Balaban J connectivity index is 2.23. The number of hydrogen-bond acceptors (Lipinski definition) is 2. The Labute approximate surface area is 115 Å². The SMILES string of the molecule is CCC1(C(=O)Nc2c(F)cc(F)cc2F)CCCNC1. The van der Waals surface area contributed by atoms with Crippen LogP contribution in [0.1, 0.15) is 26.2 Å². The number of carbonyl (C=O) groups excluding carboxylic acids is 1. The maximum atomic E-state index is 13.6. The maximum absolute atomic E-state index is 13.6. The standard InChI is InChI=1S/C14H17F3N2O/c1-2-14(4-3-5-18-8-14)13(20)19-12-10(16)6-9(15)7-11(12)17/h6-7,18H,2-5,8H2,1H3,(H,19,20). The van der Waals surface area contributed by atoms with Gasteiger partial charge in [-0.05, 0) is 25.8 Å². The van der Waals surface area contributed by atoms with Crippen LogP contribution in [0.4, 0.5) is 18.9 Å². The fourth-order valence-corrected chi connectivity index (χ4v) is 2.53. The molecule has 1 heterocycles. The first-order chi connectivity index (χ1) is 9.48. The molecule has 0 aromatic heterocycles. The van der Waals surface area contributed by atoms with Crippen LogP contribution in [0, 0.1) is 22.9 Å². The number of hydrogen-bond donors (Lipinski definition) is 2. The van der Waals surface area contributed by atoms with Crippen LogP contribution in [0.15, 0.2) is 12.1 Å². The number of benzene rings is 1. The van der Waals surface area contributed by atoms with E-state index in [1.807, 2.05) is 6.92 Å². The van der Waals surface area contributed by atoms with Crippen molar-refractivity contribution < 1.29 is 18.0 Å². The van der Waals surface area contributed by atoms with Crippen molar-refractivity contribution in [3.05, 3.63) is 29.6 Å². The molecule has 1 saturated heterocycles. The predicted molar refractivity (Wildman–Crippen MR) is 69.8 cm³/mol. The van der Waals surface area contributed by atoms with Gasteiger partial charge in [0, 0.05) is 18.7 Å². The number of amides is 1. The third-order valence-corrected chi connectivity index (χ3v) is 3.88. The summed E-state index contributed by atoms with van der Waals surface area (Å²) < 4.78 is 40.0. The van der Waals surface area contributed by atoms with E-state index in [-0.39, 0.29) is 0 Å². The average Bonchev–Trinajstić information content (AvgIpc) is 2.43. The lowest BCUT2D eigenvalue weighted by atomic mass is 9.77. The van der Waals surface area contributed by atoms with Gasteiger partial charge in [-0.2, -0.15) is 0 Å². The molecule has 0 bridgehead atoms. The minimum Gasteiger partial charge on any atom is -0.321 e. The van der Waals surface area contributed by atoms with E-state index in [0.717, 1.165) is 13.0 Å². The summed E-state index contributed by atoms with van der Waals surface area (Å²) in [5, 5.41) is 5.39. The lowest BCUT2D eigenvalue weighted by Gasteiger charge is -2.35. The van der Waals surface area contributed by atoms with Crippen molar-refractivity contribution in [2.45, 2.75) is 26.2 Å². The van der Waals surface area contributed by atoms with Gasteiger partial charge in [0.2, 0.25) is 5.91 Å². The highest BCUT2D eigenvalue weighted by Crippen LogP contribution is 2.32. The number of anilines is 1. The second kappa shape index (κ2) is 5.83. The Morgan fingerprint density at radius 2 is 2.00 bits per heavy atom. The molecule has 0 spiro atoms. The number of halogens is 3. The quantitative estimate of drug-likeness (QED) is 0.897. The molecule has 3 nitrogen and oxygen atoms in total. The van der Waals surface area contributed by atoms with E-state index >= 15 is 0 Å². The average molecular weight is 286 g/mol. The van der Waals surface area contributed by atoms with Crippen molar-refractivity contribution in [2.75, 3.05) is 18.4 Å². The summed E-state index contributed by atoms with van der Waals surface area (Å²) in [6.45, 7) is 3.16. The number of rotatable bonds is 3. The summed E-state index contributed by atoms with van der Waals surface area (Å²) in [7, 11) is 0. The molecule has 1 atom stereocenters. The van der Waals surface area contributed by atoms with E-state index in [9.17, 15) is 18.0 Å². The molecule has 0 radical (unpaired) electrons. The van der Waals surface area contributed by atoms with E-state index in [0.29, 0.717) is 31.5 Å². The highest BCUT2D eigenvalue weighted by Gasteiger charge is 2.38. The van der Waals surface area contributed by atoms with Crippen molar-refractivity contribution in [2.24, 2.45) is 5.41 Å². The summed E-state index contributed by atoms with van der Waals surface area (Å²) in [6, 6.07) is 1.10. The van der Waals surface area contributed by atoms with Gasteiger partial charge in [-0.15, -0.1) is 0 Å². The third kappa shape index (κ3) is 2.80. The van der Waals surface area contributed by atoms with Gasteiger partial charge in [-0.1, -0.05) is 6.92 Å². The van der Waals surface area contributed by atoms with Crippen LogP contribution in [-0.2, 0) is 4.79 Å². The minimum atomic E-state index is -1.11. The van der Waals surface area contributed by atoms with Crippen LogP contribution < -0.4 is 10.6 Å². The fraction of sp³-hybridized carbons (Fsp3) is 0.500. The largest absolute Gasteiger partial charge is 0.321 e. The summed E-state index contributed by atoms with van der Waals surface area (Å²) in [6.07, 6.45) is 2.05. The zero-order chi connectivity index (χ0) is 14.8. The molecule has 1 aromatic rings. The lowest BCUT2D eigenvalue weighted by Crippen LogP contribution is -2.47. The molecule has 6 heteroatoms. The number of nitrogens with one attached hydrogen (secondary N) is 2. The smallest absolute Gasteiger partial charge is 0.232 e. The molecule has 110 valence electrons. The van der Waals surface area contributed by atoms with Gasteiger partial charge >= 0.3 is 0 Å². The molecule has 1 fully saturated rings. The summed E-state index contributed by atoms with van der Waals surface area (Å²) >= 11 is 0. The monoisotopic (exact) mass is 286 g/mol. The van der Waals surface area contributed by atoms with Gasteiger partial charge in [-0.3, -0.25) is 4.79 Å². The molecule has 1 unspecified atom stereocenters. The van der Waals surface area contributed by atoms with Crippen LogP contribution in [0.3, 0.4) is 0 Å². The second-order valence-corrected chi connectivity index (χ2v) is 5.11. The van der Waals surface area contributed by atoms with Gasteiger partial charge in [0.05, 0.1) is 5.41 Å². The topological polar surface area (TPSA) is 41.1 Å². The van der Waals surface area contributed by atoms with Gasteiger partial charge in [0.15, 0.2) is 11.6 Å². The normalized spacial score (nSPS) is 22.6. The second-order valence-electron chi connectivity index (χ2n) is 5.11. The molecule has 0 aliphatic carbocycles. The van der Waals surface area contributed by atoms with E-state index in [1.54, 1.807) is 0 Å². The first-order valence-electron chi connectivity index (χ1n) is 6.65. The number of piperidine rings is 1. The zero-order valence-corrected chi connectivity index (χ0v) is 11.2. The van der Waals surface area contributed by atoms with Crippen LogP contribution >= 0.6 is 0 Å². The molecule has 20 heavy (non-hydrogen) atoms. The maximum Gasteiger partial charge on any atom is 0.232 e. The Morgan fingerprint density at radius 1 is 1.35 bits per heavy atom. The Morgan fingerprint density at radius 3 is 2.50 bits per heavy atom. The first-order valence-corrected chi connectivity index (χ1v) is 6.65. The highest BCUT2D eigenvalue weighted by atomic mass is 19.1. The van der Waals surface area contributed by atoms with E-state index < -0.39 is 34.5 Å². The molecular formula is C14H17F3N2O. The van der Waals surface area contributed by atoms with Crippen molar-refractivity contribution in [3.8, 4) is 0 Å². The number of carbonyl (C=O) groups is 1. The van der Waals surface area contributed by atoms with Gasteiger partial charge in [0.25, 0.3) is 0 Å².